The molecule has 19 heavy (non-hydrogen) atoms. The Morgan fingerprint density at radius 1 is 1.26 bits per heavy atom. The molecular weight excluding hydrogens is 238 g/mol. The van der Waals surface area contributed by atoms with E-state index in [4.69, 9.17) is 0 Å². The molecule has 2 rings (SSSR count). The van der Waals surface area contributed by atoms with Gasteiger partial charge in [0.15, 0.2) is 0 Å². The molecule has 0 aliphatic carbocycles. The zero-order valence-corrected chi connectivity index (χ0v) is 12.2. The van der Waals surface area contributed by atoms with Crippen molar-refractivity contribution in [2.24, 2.45) is 0 Å². The van der Waals surface area contributed by atoms with Crippen LogP contribution in [0.15, 0.2) is 12.1 Å². The van der Waals surface area contributed by atoms with Gasteiger partial charge in [0.1, 0.15) is 5.75 Å². The first kappa shape index (κ1) is 14.4. The van der Waals surface area contributed by atoms with Crippen molar-refractivity contribution in [3.8, 4) is 5.75 Å². The zero-order chi connectivity index (χ0) is 14.0. The van der Waals surface area contributed by atoms with E-state index in [0.717, 1.165) is 30.6 Å². The number of nitrogens with zero attached hydrogens (tertiary/aromatic N) is 1. The Hall–Kier alpha value is -1.06. The number of hydrogen-bond acceptors (Lipinski definition) is 3. The minimum absolute atomic E-state index is 0.217. The first-order valence-electron chi connectivity index (χ1n) is 7.20. The molecule has 1 aliphatic heterocycles. The first-order chi connectivity index (χ1) is 8.99. The lowest BCUT2D eigenvalue weighted by atomic mass is 9.96. The molecule has 0 amide bonds. The Balaban J connectivity index is 2.17. The Morgan fingerprint density at radius 2 is 1.95 bits per heavy atom. The maximum absolute atomic E-state index is 10.1. The van der Waals surface area contributed by atoms with Gasteiger partial charge in [-0.15, -0.1) is 0 Å². The molecule has 2 unspecified atom stereocenters. The summed E-state index contributed by atoms with van der Waals surface area (Å²) in [6, 6.07) is 4.12. The fraction of sp³-hybridized carbons (Fsp3) is 0.625. The normalized spacial score (nSPS) is 22.4. The summed E-state index contributed by atoms with van der Waals surface area (Å²) >= 11 is 0. The second-order valence-electron chi connectivity index (χ2n) is 5.84. The van der Waals surface area contributed by atoms with Gasteiger partial charge in [-0.05, 0) is 57.4 Å². The van der Waals surface area contributed by atoms with E-state index >= 15 is 0 Å². The highest BCUT2D eigenvalue weighted by atomic mass is 16.3. The smallest absolute Gasteiger partial charge is 0.120 e. The van der Waals surface area contributed by atoms with Gasteiger partial charge in [0.25, 0.3) is 0 Å². The lowest BCUT2D eigenvalue weighted by Gasteiger charge is -2.37. The van der Waals surface area contributed by atoms with Gasteiger partial charge < -0.3 is 10.2 Å². The summed E-state index contributed by atoms with van der Waals surface area (Å²) < 4.78 is 0. The quantitative estimate of drug-likeness (QED) is 0.881. The molecule has 3 nitrogen and oxygen atoms in total. The average molecular weight is 263 g/mol. The van der Waals surface area contributed by atoms with E-state index in [2.05, 4.69) is 17.9 Å². The molecule has 0 bridgehead atoms. The van der Waals surface area contributed by atoms with E-state index in [9.17, 15) is 10.2 Å². The molecule has 1 aromatic carbocycles. The molecule has 1 saturated heterocycles. The number of likely N-dealkylation sites (tertiary alicyclic amines) is 1. The van der Waals surface area contributed by atoms with E-state index in [0.29, 0.717) is 5.75 Å². The summed E-state index contributed by atoms with van der Waals surface area (Å²) in [5, 5.41) is 20.0. The topological polar surface area (TPSA) is 43.7 Å². The highest BCUT2D eigenvalue weighted by Crippen LogP contribution is 2.27. The molecule has 0 spiro atoms. The Labute approximate surface area is 115 Å². The van der Waals surface area contributed by atoms with Crippen LogP contribution in [0.4, 0.5) is 0 Å². The largest absolute Gasteiger partial charge is 0.508 e. The van der Waals surface area contributed by atoms with Crippen LogP contribution in [-0.4, -0.2) is 33.8 Å². The van der Waals surface area contributed by atoms with Crippen molar-refractivity contribution >= 4 is 0 Å². The van der Waals surface area contributed by atoms with E-state index in [-0.39, 0.29) is 12.1 Å². The van der Waals surface area contributed by atoms with Gasteiger partial charge in [-0.3, -0.25) is 4.90 Å². The van der Waals surface area contributed by atoms with Crippen molar-refractivity contribution in [1.29, 1.82) is 0 Å². The number of aliphatic hydroxyl groups excluding tert-OH is 1. The number of rotatable bonds is 3. The summed E-state index contributed by atoms with van der Waals surface area (Å²) in [5.41, 5.74) is 3.29. The third kappa shape index (κ3) is 3.28. The van der Waals surface area contributed by atoms with Gasteiger partial charge in [-0.25, -0.2) is 0 Å². The minimum Gasteiger partial charge on any atom is -0.508 e. The van der Waals surface area contributed by atoms with Crippen molar-refractivity contribution in [3.05, 3.63) is 28.8 Å². The van der Waals surface area contributed by atoms with Crippen molar-refractivity contribution in [2.75, 3.05) is 6.54 Å². The lowest BCUT2D eigenvalue weighted by Crippen LogP contribution is -2.45. The second-order valence-corrected chi connectivity index (χ2v) is 5.84. The van der Waals surface area contributed by atoms with E-state index in [1.807, 2.05) is 19.9 Å². The van der Waals surface area contributed by atoms with Crippen molar-refractivity contribution < 1.29 is 10.2 Å². The van der Waals surface area contributed by atoms with Crippen molar-refractivity contribution in [2.45, 2.75) is 58.7 Å². The maximum atomic E-state index is 10.1. The molecule has 0 saturated carbocycles. The predicted molar refractivity (Wildman–Crippen MR) is 77.3 cm³/mol. The summed E-state index contributed by atoms with van der Waals surface area (Å²) in [4.78, 5) is 2.30. The van der Waals surface area contributed by atoms with E-state index in [1.54, 1.807) is 0 Å². The Kier molecular flexibility index (Phi) is 4.48. The van der Waals surface area contributed by atoms with Crippen LogP contribution in [-0.2, 0) is 6.54 Å². The number of aromatic hydroxyl groups is 1. The number of hydrogen-bond donors (Lipinski definition) is 2. The molecule has 106 valence electrons. The Morgan fingerprint density at radius 3 is 2.63 bits per heavy atom. The van der Waals surface area contributed by atoms with Gasteiger partial charge in [-0.2, -0.15) is 0 Å². The van der Waals surface area contributed by atoms with Gasteiger partial charge in [-0.1, -0.05) is 12.5 Å². The third-order valence-corrected chi connectivity index (χ3v) is 4.29. The monoisotopic (exact) mass is 263 g/mol. The van der Waals surface area contributed by atoms with Crippen molar-refractivity contribution in [1.82, 2.24) is 4.90 Å². The number of phenolic OH excluding ortho intramolecular Hbond substituents is 1. The molecule has 1 aromatic rings. The van der Waals surface area contributed by atoms with Crippen LogP contribution >= 0.6 is 0 Å². The molecule has 0 radical (unpaired) electrons. The van der Waals surface area contributed by atoms with Gasteiger partial charge in [0, 0.05) is 18.2 Å². The van der Waals surface area contributed by atoms with Crippen LogP contribution in [0.1, 0.15) is 42.9 Å². The van der Waals surface area contributed by atoms with Crippen LogP contribution in [0.3, 0.4) is 0 Å². The molecule has 3 heteroatoms. The van der Waals surface area contributed by atoms with Gasteiger partial charge in [0.2, 0.25) is 0 Å². The number of aliphatic hydroxyl groups is 1. The number of phenols is 1. The minimum atomic E-state index is -0.311. The maximum Gasteiger partial charge on any atom is 0.120 e. The van der Waals surface area contributed by atoms with Crippen LogP contribution in [0.2, 0.25) is 0 Å². The van der Waals surface area contributed by atoms with Gasteiger partial charge >= 0.3 is 0 Å². The fourth-order valence-corrected chi connectivity index (χ4v) is 2.97. The second kappa shape index (κ2) is 5.93. The molecule has 2 atom stereocenters. The molecule has 1 aliphatic rings. The van der Waals surface area contributed by atoms with Crippen LogP contribution in [0, 0.1) is 13.8 Å². The van der Waals surface area contributed by atoms with Gasteiger partial charge in [0.05, 0.1) is 6.10 Å². The van der Waals surface area contributed by atoms with Crippen LogP contribution in [0.25, 0.3) is 0 Å². The van der Waals surface area contributed by atoms with Crippen LogP contribution in [0.5, 0.6) is 5.75 Å². The summed E-state index contributed by atoms with van der Waals surface area (Å²) in [6.07, 6.45) is 3.09. The molecule has 0 aromatic heterocycles. The zero-order valence-electron chi connectivity index (χ0n) is 12.2. The fourth-order valence-electron chi connectivity index (χ4n) is 2.97. The van der Waals surface area contributed by atoms with E-state index in [1.165, 1.54) is 18.4 Å². The number of benzene rings is 1. The summed E-state index contributed by atoms with van der Waals surface area (Å²) in [6.45, 7) is 7.67. The van der Waals surface area contributed by atoms with Crippen molar-refractivity contribution in [3.63, 3.8) is 0 Å². The average Bonchev–Trinajstić information content (AvgIpc) is 2.36. The SMILES string of the molecule is Cc1cc(O)c(CN2CCCCC2C(C)O)cc1C. The lowest BCUT2D eigenvalue weighted by molar-refractivity contribution is 0.0312. The highest BCUT2D eigenvalue weighted by Gasteiger charge is 2.26. The standard InChI is InChI=1S/C16H25NO2/c1-11-8-14(16(19)9-12(11)2)10-17-7-5-4-6-15(17)13(3)18/h8-9,13,15,18-19H,4-7,10H2,1-3H3. The number of piperidine rings is 1. The van der Waals surface area contributed by atoms with E-state index < -0.39 is 0 Å². The van der Waals surface area contributed by atoms with Crippen LogP contribution < -0.4 is 0 Å². The molecule has 2 N–H and O–H groups in total. The Bertz CT molecular complexity index is 443. The summed E-state index contributed by atoms with van der Waals surface area (Å²) in [5.74, 6) is 0.373. The summed E-state index contributed by atoms with van der Waals surface area (Å²) in [7, 11) is 0. The highest BCUT2D eigenvalue weighted by molar-refractivity contribution is 5.40. The first-order valence-corrected chi connectivity index (χ1v) is 7.20. The predicted octanol–water partition coefficient (Wildman–Crippen LogP) is 2.74. The number of aryl methyl sites for hydroxylation is 2. The molecule has 1 fully saturated rings. The molecule has 1 heterocycles. The molecular formula is C16H25NO2. The third-order valence-electron chi connectivity index (χ3n) is 4.29.